The lowest BCUT2D eigenvalue weighted by molar-refractivity contribution is -0.131. The Labute approximate surface area is 99.3 Å². The van der Waals surface area contributed by atoms with Gasteiger partial charge in [-0.1, -0.05) is 0 Å². The number of carboxylic acids is 1. The van der Waals surface area contributed by atoms with Crippen molar-refractivity contribution in [1.29, 1.82) is 0 Å². The summed E-state index contributed by atoms with van der Waals surface area (Å²) in [5.74, 6) is -2.78. The van der Waals surface area contributed by atoms with Gasteiger partial charge in [0.1, 0.15) is 11.6 Å². The molecule has 0 saturated carbocycles. The van der Waals surface area contributed by atoms with E-state index in [0.29, 0.717) is 6.08 Å². The molecule has 1 aromatic rings. The molecule has 0 saturated heterocycles. The van der Waals surface area contributed by atoms with E-state index in [2.05, 4.69) is 4.74 Å². The van der Waals surface area contributed by atoms with E-state index >= 15 is 0 Å². The standard InChI is InChI=1S/C11H7F3O4/c12-8-3-6(1-2-10(16)17)9(18-11(13)14)4-7(8)5-15/h1-5,11H,(H,16,17)/b2-1+. The van der Waals surface area contributed by atoms with Gasteiger partial charge in [0.15, 0.2) is 6.29 Å². The second-order valence-corrected chi connectivity index (χ2v) is 3.08. The fourth-order valence-electron chi connectivity index (χ4n) is 1.16. The Morgan fingerprint density at radius 3 is 2.50 bits per heavy atom. The zero-order chi connectivity index (χ0) is 13.7. The van der Waals surface area contributed by atoms with Crippen molar-refractivity contribution < 1.29 is 32.6 Å². The van der Waals surface area contributed by atoms with Gasteiger partial charge in [-0.2, -0.15) is 8.78 Å². The largest absolute Gasteiger partial charge is 0.478 e. The molecule has 0 heterocycles. The van der Waals surface area contributed by atoms with E-state index < -0.39 is 29.7 Å². The predicted octanol–water partition coefficient (Wildman–Crippen LogP) is 2.34. The highest BCUT2D eigenvalue weighted by molar-refractivity contribution is 5.86. The van der Waals surface area contributed by atoms with Crippen LogP contribution < -0.4 is 4.74 Å². The van der Waals surface area contributed by atoms with Crippen molar-refractivity contribution in [2.45, 2.75) is 6.61 Å². The first-order valence-electron chi connectivity index (χ1n) is 4.58. The molecule has 0 aliphatic heterocycles. The van der Waals surface area contributed by atoms with Crippen LogP contribution in [0.15, 0.2) is 18.2 Å². The average molecular weight is 260 g/mol. The molecule has 1 N–H and O–H groups in total. The molecule has 0 amide bonds. The Hall–Kier alpha value is -2.31. The summed E-state index contributed by atoms with van der Waals surface area (Å²) in [6.45, 7) is -3.17. The Morgan fingerprint density at radius 1 is 1.33 bits per heavy atom. The van der Waals surface area contributed by atoms with Crippen LogP contribution in [0.5, 0.6) is 5.75 Å². The van der Waals surface area contributed by atoms with Gasteiger partial charge in [-0.25, -0.2) is 9.18 Å². The molecule has 0 aliphatic carbocycles. The molecule has 0 spiro atoms. The van der Waals surface area contributed by atoms with Crippen molar-refractivity contribution in [2.75, 3.05) is 0 Å². The summed E-state index contributed by atoms with van der Waals surface area (Å²) in [4.78, 5) is 20.7. The molecule has 18 heavy (non-hydrogen) atoms. The van der Waals surface area contributed by atoms with Crippen LogP contribution in [0, 0.1) is 5.82 Å². The van der Waals surface area contributed by atoms with Crippen LogP contribution in [0.2, 0.25) is 0 Å². The monoisotopic (exact) mass is 260 g/mol. The van der Waals surface area contributed by atoms with E-state index in [9.17, 15) is 22.8 Å². The van der Waals surface area contributed by atoms with Gasteiger partial charge in [-0.15, -0.1) is 0 Å². The van der Waals surface area contributed by atoms with Crippen LogP contribution in [-0.2, 0) is 4.79 Å². The third-order valence-electron chi connectivity index (χ3n) is 1.88. The fourth-order valence-corrected chi connectivity index (χ4v) is 1.16. The highest BCUT2D eigenvalue weighted by Crippen LogP contribution is 2.25. The van der Waals surface area contributed by atoms with Gasteiger partial charge in [-0.3, -0.25) is 4.79 Å². The summed E-state index contributed by atoms with van der Waals surface area (Å²) in [7, 11) is 0. The lowest BCUT2D eigenvalue weighted by atomic mass is 10.1. The number of rotatable bonds is 5. The van der Waals surface area contributed by atoms with Crippen LogP contribution in [-0.4, -0.2) is 24.0 Å². The molecule has 7 heteroatoms. The molecular formula is C11H7F3O4. The molecule has 0 unspecified atom stereocenters. The third kappa shape index (κ3) is 3.62. The SMILES string of the molecule is O=Cc1cc(OC(F)F)c(/C=C/C(=O)O)cc1F. The molecule has 1 aromatic carbocycles. The van der Waals surface area contributed by atoms with E-state index in [0.717, 1.165) is 18.2 Å². The summed E-state index contributed by atoms with van der Waals surface area (Å²) < 4.78 is 41.5. The molecule has 96 valence electrons. The van der Waals surface area contributed by atoms with Gasteiger partial charge in [0, 0.05) is 11.6 Å². The first kappa shape index (κ1) is 13.8. The minimum Gasteiger partial charge on any atom is -0.478 e. The number of alkyl halides is 2. The van der Waals surface area contributed by atoms with Crippen molar-refractivity contribution in [1.82, 2.24) is 0 Å². The molecule has 4 nitrogen and oxygen atoms in total. The Kier molecular flexibility index (Phi) is 4.47. The summed E-state index contributed by atoms with van der Waals surface area (Å²) in [6, 6.07) is 1.51. The van der Waals surface area contributed by atoms with E-state index in [4.69, 9.17) is 5.11 Å². The Bertz CT molecular complexity index is 497. The Balaban J connectivity index is 3.24. The van der Waals surface area contributed by atoms with Crippen molar-refractivity contribution >= 4 is 18.3 Å². The molecule has 0 aliphatic rings. The number of carboxylic acid groups (broad SMARTS) is 1. The van der Waals surface area contributed by atoms with Crippen molar-refractivity contribution in [3.63, 3.8) is 0 Å². The number of aldehydes is 1. The third-order valence-corrected chi connectivity index (χ3v) is 1.88. The van der Waals surface area contributed by atoms with E-state index in [1.807, 2.05) is 0 Å². The number of benzene rings is 1. The summed E-state index contributed by atoms with van der Waals surface area (Å²) in [5.41, 5.74) is -0.668. The number of carbonyl (C=O) groups is 2. The molecule has 0 radical (unpaired) electrons. The van der Waals surface area contributed by atoms with Gasteiger partial charge in [0.25, 0.3) is 0 Å². The maximum Gasteiger partial charge on any atom is 0.387 e. The highest BCUT2D eigenvalue weighted by atomic mass is 19.3. The molecule has 0 aromatic heterocycles. The van der Waals surface area contributed by atoms with E-state index in [1.165, 1.54) is 0 Å². The molecular weight excluding hydrogens is 253 g/mol. The van der Waals surface area contributed by atoms with Gasteiger partial charge in [0.2, 0.25) is 0 Å². The van der Waals surface area contributed by atoms with E-state index in [-0.39, 0.29) is 11.8 Å². The van der Waals surface area contributed by atoms with Gasteiger partial charge in [0.05, 0.1) is 5.56 Å². The van der Waals surface area contributed by atoms with Gasteiger partial charge >= 0.3 is 12.6 Å². The average Bonchev–Trinajstić information content (AvgIpc) is 2.28. The summed E-state index contributed by atoms with van der Waals surface area (Å²) >= 11 is 0. The first-order valence-corrected chi connectivity index (χ1v) is 4.58. The number of ether oxygens (including phenoxy) is 1. The minimum atomic E-state index is -3.17. The number of hydrogen-bond acceptors (Lipinski definition) is 3. The number of aliphatic carboxylic acids is 1. The van der Waals surface area contributed by atoms with Crippen LogP contribution in [0.3, 0.4) is 0 Å². The Morgan fingerprint density at radius 2 is 2.00 bits per heavy atom. The summed E-state index contributed by atoms with van der Waals surface area (Å²) in [6.07, 6.45) is 1.66. The van der Waals surface area contributed by atoms with Gasteiger partial charge < -0.3 is 9.84 Å². The van der Waals surface area contributed by atoms with Crippen molar-refractivity contribution in [3.05, 3.63) is 35.2 Å². The quantitative estimate of drug-likeness (QED) is 0.652. The topological polar surface area (TPSA) is 63.6 Å². The maximum absolute atomic E-state index is 13.2. The number of carbonyl (C=O) groups excluding carboxylic acids is 1. The van der Waals surface area contributed by atoms with Crippen LogP contribution >= 0.6 is 0 Å². The zero-order valence-electron chi connectivity index (χ0n) is 8.77. The van der Waals surface area contributed by atoms with Crippen LogP contribution in [0.1, 0.15) is 15.9 Å². The number of hydrogen-bond donors (Lipinski definition) is 1. The maximum atomic E-state index is 13.2. The molecule has 0 atom stereocenters. The first-order chi connectivity index (χ1) is 8.43. The van der Waals surface area contributed by atoms with Gasteiger partial charge in [-0.05, 0) is 18.2 Å². The minimum absolute atomic E-state index is 0.137. The second-order valence-electron chi connectivity index (χ2n) is 3.08. The molecule has 0 fully saturated rings. The van der Waals surface area contributed by atoms with Crippen LogP contribution in [0.4, 0.5) is 13.2 Å². The highest BCUT2D eigenvalue weighted by Gasteiger charge is 2.13. The fraction of sp³-hybridized carbons (Fsp3) is 0.0909. The lowest BCUT2D eigenvalue weighted by Crippen LogP contribution is -2.05. The second kappa shape index (κ2) is 5.85. The normalized spacial score (nSPS) is 10.9. The van der Waals surface area contributed by atoms with Crippen molar-refractivity contribution in [3.8, 4) is 5.75 Å². The smallest absolute Gasteiger partial charge is 0.387 e. The predicted molar refractivity (Wildman–Crippen MR) is 55.1 cm³/mol. The van der Waals surface area contributed by atoms with Crippen LogP contribution in [0.25, 0.3) is 6.08 Å². The zero-order valence-corrected chi connectivity index (χ0v) is 8.77. The van der Waals surface area contributed by atoms with E-state index in [1.54, 1.807) is 0 Å². The molecule has 1 rings (SSSR count). The lowest BCUT2D eigenvalue weighted by Gasteiger charge is -2.09. The van der Waals surface area contributed by atoms with Crippen molar-refractivity contribution in [2.24, 2.45) is 0 Å². The summed E-state index contributed by atoms with van der Waals surface area (Å²) in [5, 5.41) is 8.39. The number of halogens is 3. The molecule has 0 bridgehead atoms.